The van der Waals surface area contributed by atoms with Crippen LogP contribution in [0.25, 0.3) is 22.4 Å². The van der Waals surface area contributed by atoms with Gasteiger partial charge in [0, 0.05) is 30.6 Å². The first kappa shape index (κ1) is 15.3. The summed E-state index contributed by atoms with van der Waals surface area (Å²) >= 11 is 0. The predicted octanol–water partition coefficient (Wildman–Crippen LogP) is 2.92. The molecule has 0 aliphatic heterocycles. The highest BCUT2D eigenvalue weighted by molar-refractivity contribution is 5.82. The van der Waals surface area contributed by atoms with E-state index in [-0.39, 0.29) is 11.9 Å². The Kier molecular flexibility index (Phi) is 4.45. The van der Waals surface area contributed by atoms with Gasteiger partial charge in [0.15, 0.2) is 0 Å². The first-order valence-electron chi connectivity index (χ1n) is 7.20. The summed E-state index contributed by atoms with van der Waals surface area (Å²) < 4.78 is 18.3. The van der Waals surface area contributed by atoms with Gasteiger partial charge in [-0.05, 0) is 42.0 Å². The predicted molar refractivity (Wildman–Crippen MR) is 86.0 cm³/mol. The molecule has 1 unspecified atom stereocenters. The van der Waals surface area contributed by atoms with Crippen LogP contribution in [-0.4, -0.2) is 28.9 Å². The maximum Gasteiger partial charge on any atom is 0.123 e. The highest BCUT2D eigenvalue weighted by Gasteiger charge is 2.21. The molecule has 0 bridgehead atoms. The van der Waals surface area contributed by atoms with Crippen molar-refractivity contribution in [2.75, 3.05) is 13.7 Å². The van der Waals surface area contributed by atoms with E-state index >= 15 is 0 Å². The zero-order chi connectivity index (χ0) is 16.2. The average Bonchev–Trinajstić information content (AvgIpc) is 3.01. The Morgan fingerprint density at radius 1 is 1.13 bits per heavy atom. The van der Waals surface area contributed by atoms with Crippen LogP contribution >= 0.6 is 0 Å². The molecule has 0 fully saturated rings. The Balaban J connectivity index is 2.15. The first-order valence-corrected chi connectivity index (χ1v) is 7.20. The molecular formula is C17H17FN4O. The van der Waals surface area contributed by atoms with Crippen LogP contribution < -0.4 is 5.73 Å². The summed E-state index contributed by atoms with van der Waals surface area (Å²) in [6, 6.07) is 9.65. The molecule has 23 heavy (non-hydrogen) atoms. The Bertz CT molecular complexity index is 771. The van der Waals surface area contributed by atoms with Gasteiger partial charge in [-0.15, -0.1) is 0 Å². The van der Waals surface area contributed by atoms with E-state index in [4.69, 9.17) is 10.5 Å². The van der Waals surface area contributed by atoms with Gasteiger partial charge >= 0.3 is 0 Å². The van der Waals surface area contributed by atoms with Crippen LogP contribution in [0, 0.1) is 5.82 Å². The van der Waals surface area contributed by atoms with Gasteiger partial charge < -0.3 is 10.5 Å². The second-order valence-electron chi connectivity index (χ2n) is 5.17. The zero-order valence-electron chi connectivity index (χ0n) is 12.7. The number of ether oxygens (including phenoxy) is 1. The van der Waals surface area contributed by atoms with E-state index in [0.29, 0.717) is 6.61 Å². The largest absolute Gasteiger partial charge is 0.383 e. The van der Waals surface area contributed by atoms with Crippen molar-refractivity contribution in [1.82, 2.24) is 15.2 Å². The molecular weight excluding hydrogens is 295 g/mol. The molecule has 0 saturated carbocycles. The van der Waals surface area contributed by atoms with E-state index in [1.54, 1.807) is 31.6 Å². The van der Waals surface area contributed by atoms with E-state index in [2.05, 4.69) is 15.2 Å². The van der Waals surface area contributed by atoms with E-state index in [1.807, 2.05) is 12.1 Å². The van der Waals surface area contributed by atoms with Gasteiger partial charge in [0.2, 0.25) is 0 Å². The fourth-order valence-corrected chi connectivity index (χ4v) is 2.51. The third-order valence-corrected chi connectivity index (χ3v) is 3.60. The van der Waals surface area contributed by atoms with Gasteiger partial charge in [0.25, 0.3) is 0 Å². The highest BCUT2D eigenvalue weighted by Crippen LogP contribution is 2.35. The summed E-state index contributed by atoms with van der Waals surface area (Å²) in [4.78, 5) is 4.04. The minimum absolute atomic E-state index is 0.286. The van der Waals surface area contributed by atoms with Gasteiger partial charge in [-0.2, -0.15) is 5.10 Å². The summed E-state index contributed by atoms with van der Waals surface area (Å²) in [6.07, 6.45) is 3.42. The fraction of sp³-hybridized carbons (Fsp3) is 0.176. The van der Waals surface area contributed by atoms with Crippen molar-refractivity contribution in [3.63, 3.8) is 0 Å². The van der Waals surface area contributed by atoms with Crippen LogP contribution in [0.3, 0.4) is 0 Å². The molecule has 0 aliphatic rings. The molecule has 3 rings (SSSR count). The van der Waals surface area contributed by atoms with Crippen molar-refractivity contribution in [2.45, 2.75) is 6.04 Å². The van der Waals surface area contributed by atoms with Crippen LogP contribution in [-0.2, 0) is 4.74 Å². The maximum atomic E-state index is 13.2. The molecule has 3 N–H and O–H groups in total. The number of H-pyrrole nitrogens is 1. The molecule has 2 heterocycles. The molecule has 0 aliphatic carbocycles. The topological polar surface area (TPSA) is 76.8 Å². The summed E-state index contributed by atoms with van der Waals surface area (Å²) in [6.45, 7) is 0.364. The third kappa shape index (κ3) is 3.13. The fourth-order valence-electron chi connectivity index (χ4n) is 2.51. The molecule has 3 aromatic rings. The van der Waals surface area contributed by atoms with Crippen molar-refractivity contribution in [2.24, 2.45) is 5.73 Å². The smallest absolute Gasteiger partial charge is 0.123 e. The molecule has 2 aromatic heterocycles. The molecule has 6 heteroatoms. The normalized spacial score (nSPS) is 12.3. The number of rotatable bonds is 5. The van der Waals surface area contributed by atoms with Crippen LogP contribution in [0.5, 0.6) is 0 Å². The summed E-state index contributed by atoms with van der Waals surface area (Å²) in [7, 11) is 1.60. The summed E-state index contributed by atoms with van der Waals surface area (Å²) in [5, 5.41) is 7.39. The van der Waals surface area contributed by atoms with Crippen molar-refractivity contribution in [3.05, 3.63) is 60.3 Å². The van der Waals surface area contributed by atoms with Gasteiger partial charge in [0.05, 0.1) is 18.3 Å². The molecule has 1 aromatic carbocycles. The second-order valence-corrected chi connectivity index (χ2v) is 5.17. The monoisotopic (exact) mass is 312 g/mol. The number of nitrogens with one attached hydrogen (secondary N) is 1. The van der Waals surface area contributed by atoms with E-state index in [0.717, 1.165) is 28.1 Å². The number of nitrogens with zero attached hydrogens (tertiary/aromatic N) is 2. The summed E-state index contributed by atoms with van der Waals surface area (Å²) in [5.74, 6) is -0.286. The van der Waals surface area contributed by atoms with Crippen LogP contribution in [0.15, 0.2) is 48.8 Å². The molecule has 0 amide bonds. The van der Waals surface area contributed by atoms with E-state index in [1.165, 1.54) is 12.1 Å². The number of methoxy groups -OCH3 is 1. The van der Waals surface area contributed by atoms with Crippen LogP contribution in [0.4, 0.5) is 4.39 Å². The van der Waals surface area contributed by atoms with Crippen molar-refractivity contribution in [1.29, 1.82) is 0 Å². The van der Waals surface area contributed by atoms with E-state index < -0.39 is 0 Å². The molecule has 5 nitrogen and oxygen atoms in total. The lowest BCUT2D eigenvalue weighted by molar-refractivity contribution is 0.179. The molecule has 0 spiro atoms. The maximum absolute atomic E-state index is 13.2. The Hall–Kier alpha value is -2.57. The lowest BCUT2D eigenvalue weighted by atomic mass is 9.97. The molecule has 118 valence electrons. The number of hydrogen-bond acceptors (Lipinski definition) is 4. The minimum atomic E-state index is -0.343. The number of nitrogens with two attached hydrogens (primary N) is 1. The Labute approximate surface area is 133 Å². The number of hydrogen-bond donors (Lipinski definition) is 2. The van der Waals surface area contributed by atoms with Gasteiger partial charge in [0.1, 0.15) is 11.5 Å². The average molecular weight is 312 g/mol. The zero-order valence-corrected chi connectivity index (χ0v) is 12.7. The Morgan fingerprint density at radius 2 is 1.83 bits per heavy atom. The van der Waals surface area contributed by atoms with Gasteiger partial charge in [-0.3, -0.25) is 10.1 Å². The lowest BCUT2D eigenvalue weighted by Crippen LogP contribution is -2.17. The van der Waals surface area contributed by atoms with Crippen molar-refractivity contribution >= 4 is 0 Å². The number of halogens is 1. The molecule has 0 radical (unpaired) electrons. The minimum Gasteiger partial charge on any atom is -0.383 e. The second kappa shape index (κ2) is 6.68. The molecule has 0 saturated heterocycles. The standard InChI is InChI=1S/C17H17FN4O/c1-23-10-14(19)17-15(11-6-8-20-9-7-11)16(21-22-17)12-2-4-13(18)5-3-12/h2-9,14H,10,19H2,1H3,(H,21,22). The SMILES string of the molecule is COCC(N)c1[nH]nc(-c2ccc(F)cc2)c1-c1ccncc1. The highest BCUT2D eigenvalue weighted by atomic mass is 19.1. The lowest BCUT2D eigenvalue weighted by Gasteiger charge is -2.12. The Morgan fingerprint density at radius 3 is 2.48 bits per heavy atom. The van der Waals surface area contributed by atoms with E-state index in [9.17, 15) is 4.39 Å². The third-order valence-electron chi connectivity index (χ3n) is 3.60. The quantitative estimate of drug-likeness (QED) is 0.759. The van der Waals surface area contributed by atoms with Crippen LogP contribution in [0.1, 0.15) is 11.7 Å². The van der Waals surface area contributed by atoms with Crippen molar-refractivity contribution in [3.8, 4) is 22.4 Å². The van der Waals surface area contributed by atoms with Crippen molar-refractivity contribution < 1.29 is 9.13 Å². The van der Waals surface area contributed by atoms with Crippen LogP contribution in [0.2, 0.25) is 0 Å². The first-order chi connectivity index (χ1) is 11.2. The summed E-state index contributed by atoms with van der Waals surface area (Å²) in [5.41, 5.74) is 10.3. The van der Waals surface area contributed by atoms with Gasteiger partial charge in [-0.1, -0.05) is 0 Å². The number of pyridine rings is 1. The number of aromatic amines is 1. The number of aromatic nitrogens is 3. The molecule has 1 atom stereocenters. The van der Waals surface area contributed by atoms with Gasteiger partial charge in [-0.25, -0.2) is 4.39 Å². The number of benzene rings is 1.